The molecule has 0 radical (unpaired) electrons. The molecule has 3 atom stereocenters. The van der Waals surface area contributed by atoms with Crippen molar-refractivity contribution in [1.82, 2.24) is 0 Å². The van der Waals surface area contributed by atoms with Crippen molar-refractivity contribution in [3.63, 3.8) is 0 Å². The fourth-order valence-electron chi connectivity index (χ4n) is 1.97. The molecule has 1 heteroatoms. The van der Waals surface area contributed by atoms with Crippen LogP contribution in [0.15, 0.2) is 12.7 Å². The number of rotatable bonds is 2. The summed E-state index contributed by atoms with van der Waals surface area (Å²) in [5.41, 5.74) is 0. The van der Waals surface area contributed by atoms with Gasteiger partial charge in [0.25, 0.3) is 0 Å². The van der Waals surface area contributed by atoms with Gasteiger partial charge < -0.3 is 0 Å². The second-order valence-corrected chi connectivity index (χ2v) is 4.07. The van der Waals surface area contributed by atoms with E-state index in [4.69, 9.17) is 0 Å². The normalized spacial score (nSPS) is 36.0. The predicted octanol–water partition coefficient (Wildman–Crippen LogP) is 2.81. The Balaban J connectivity index is 2.50. The summed E-state index contributed by atoms with van der Waals surface area (Å²) < 4.78 is 0. The number of carbonyl (C=O) groups excluding carboxylic acids is 1. The van der Waals surface area contributed by atoms with Crippen LogP contribution in [0, 0.1) is 17.8 Å². The summed E-state index contributed by atoms with van der Waals surface area (Å²) in [4.78, 5) is 11.3. The Morgan fingerprint density at radius 1 is 1.33 bits per heavy atom. The van der Waals surface area contributed by atoms with Crippen molar-refractivity contribution in [1.29, 1.82) is 0 Å². The molecule has 0 aliphatic heterocycles. The van der Waals surface area contributed by atoms with Crippen molar-refractivity contribution in [3.8, 4) is 0 Å². The maximum absolute atomic E-state index is 11.3. The van der Waals surface area contributed by atoms with Crippen LogP contribution in [0.5, 0.6) is 0 Å². The van der Waals surface area contributed by atoms with Gasteiger partial charge in [-0.3, -0.25) is 4.79 Å². The number of hydrogen-bond donors (Lipinski definition) is 0. The van der Waals surface area contributed by atoms with Crippen LogP contribution >= 0.6 is 0 Å². The van der Waals surface area contributed by atoms with Crippen LogP contribution in [0.25, 0.3) is 0 Å². The van der Waals surface area contributed by atoms with E-state index in [1.807, 2.05) is 0 Å². The van der Waals surface area contributed by atoms with E-state index in [-0.39, 0.29) is 11.7 Å². The van der Waals surface area contributed by atoms with Crippen LogP contribution in [-0.2, 0) is 4.79 Å². The second kappa shape index (κ2) is 3.88. The van der Waals surface area contributed by atoms with Gasteiger partial charge in [-0.25, -0.2) is 0 Å². The highest BCUT2D eigenvalue weighted by atomic mass is 16.1. The monoisotopic (exact) mass is 166 g/mol. The van der Waals surface area contributed by atoms with Crippen molar-refractivity contribution in [3.05, 3.63) is 12.7 Å². The number of hydrogen-bond acceptors (Lipinski definition) is 1. The molecule has 0 aromatic carbocycles. The van der Waals surface area contributed by atoms with Crippen LogP contribution in [0.2, 0.25) is 0 Å². The smallest absolute Gasteiger partial charge is 0.158 e. The molecular formula is C11H18O. The summed E-state index contributed by atoms with van der Waals surface area (Å²) in [5.74, 6) is 2.01. The summed E-state index contributed by atoms with van der Waals surface area (Å²) in [6.45, 7) is 8.05. The minimum atomic E-state index is 0.244. The molecular weight excluding hydrogens is 148 g/mol. The van der Waals surface area contributed by atoms with Gasteiger partial charge >= 0.3 is 0 Å². The third kappa shape index (κ3) is 1.96. The molecule has 3 unspecified atom stereocenters. The lowest BCUT2D eigenvalue weighted by Gasteiger charge is -2.30. The molecule has 0 aromatic rings. The van der Waals surface area contributed by atoms with Crippen molar-refractivity contribution >= 4 is 5.78 Å². The molecule has 0 heterocycles. The molecule has 1 saturated carbocycles. The van der Waals surface area contributed by atoms with Gasteiger partial charge in [-0.2, -0.15) is 0 Å². The minimum absolute atomic E-state index is 0.244. The first-order valence-corrected chi connectivity index (χ1v) is 4.81. The van der Waals surface area contributed by atoms with Crippen LogP contribution in [0.4, 0.5) is 0 Å². The van der Waals surface area contributed by atoms with E-state index in [2.05, 4.69) is 20.4 Å². The third-order valence-corrected chi connectivity index (χ3v) is 3.20. The van der Waals surface area contributed by atoms with Crippen molar-refractivity contribution < 1.29 is 4.79 Å². The second-order valence-electron chi connectivity index (χ2n) is 4.07. The Labute approximate surface area is 74.9 Å². The summed E-state index contributed by atoms with van der Waals surface area (Å²) in [6.07, 6.45) is 4.81. The van der Waals surface area contributed by atoms with Gasteiger partial charge in [-0.05, 0) is 37.2 Å². The fraction of sp³-hybridized carbons (Fsp3) is 0.727. The predicted molar refractivity (Wildman–Crippen MR) is 50.9 cm³/mol. The van der Waals surface area contributed by atoms with Crippen molar-refractivity contribution in [2.24, 2.45) is 17.8 Å². The first kappa shape index (κ1) is 9.50. The molecule has 1 fully saturated rings. The highest BCUT2D eigenvalue weighted by Crippen LogP contribution is 2.33. The van der Waals surface area contributed by atoms with Gasteiger partial charge in [0, 0.05) is 5.92 Å². The van der Waals surface area contributed by atoms with E-state index in [0.29, 0.717) is 5.92 Å². The fourth-order valence-corrected chi connectivity index (χ4v) is 1.97. The summed E-state index contributed by atoms with van der Waals surface area (Å²) in [7, 11) is 0. The molecule has 0 spiro atoms. The van der Waals surface area contributed by atoms with E-state index in [9.17, 15) is 4.79 Å². The van der Waals surface area contributed by atoms with E-state index in [0.717, 1.165) is 18.8 Å². The van der Waals surface area contributed by atoms with Gasteiger partial charge in [-0.1, -0.05) is 20.4 Å². The maximum atomic E-state index is 11.3. The topological polar surface area (TPSA) is 17.1 Å². The van der Waals surface area contributed by atoms with Gasteiger partial charge in [0.2, 0.25) is 0 Å². The molecule has 1 nitrogen and oxygen atoms in total. The lowest BCUT2D eigenvalue weighted by atomic mass is 9.74. The zero-order valence-electron chi connectivity index (χ0n) is 8.05. The highest BCUT2D eigenvalue weighted by Gasteiger charge is 2.27. The number of ketones is 1. The first-order valence-electron chi connectivity index (χ1n) is 4.81. The lowest BCUT2D eigenvalue weighted by molar-refractivity contribution is -0.119. The molecule has 0 amide bonds. The Morgan fingerprint density at radius 3 is 2.50 bits per heavy atom. The van der Waals surface area contributed by atoms with Crippen LogP contribution in [-0.4, -0.2) is 5.78 Å². The van der Waals surface area contributed by atoms with Gasteiger partial charge in [0.15, 0.2) is 5.78 Å². The Bertz CT molecular complexity index is 183. The first-order chi connectivity index (χ1) is 5.65. The Kier molecular flexibility index (Phi) is 3.07. The largest absolute Gasteiger partial charge is 0.295 e. The summed E-state index contributed by atoms with van der Waals surface area (Å²) >= 11 is 0. The molecule has 0 aromatic heterocycles. The Hall–Kier alpha value is -0.590. The van der Waals surface area contributed by atoms with E-state index < -0.39 is 0 Å². The SMILES string of the molecule is C=CC(=O)C1CCC(C)C(C)C1. The molecule has 0 N–H and O–H groups in total. The van der Waals surface area contributed by atoms with E-state index >= 15 is 0 Å². The number of allylic oxidation sites excluding steroid dienone is 1. The molecule has 1 rings (SSSR count). The summed E-state index contributed by atoms with van der Waals surface area (Å²) in [6, 6.07) is 0. The van der Waals surface area contributed by atoms with Crippen LogP contribution in [0.1, 0.15) is 33.1 Å². The van der Waals surface area contributed by atoms with Crippen molar-refractivity contribution in [2.75, 3.05) is 0 Å². The third-order valence-electron chi connectivity index (χ3n) is 3.20. The van der Waals surface area contributed by atoms with Gasteiger partial charge in [0.05, 0.1) is 0 Å². The van der Waals surface area contributed by atoms with E-state index in [1.54, 1.807) is 0 Å². The van der Waals surface area contributed by atoms with Gasteiger partial charge in [-0.15, -0.1) is 0 Å². The lowest BCUT2D eigenvalue weighted by Crippen LogP contribution is -2.25. The molecule has 12 heavy (non-hydrogen) atoms. The molecule has 0 saturated heterocycles. The van der Waals surface area contributed by atoms with Crippen LogP contribution in [0.3, 0.4) is 0 Å². The summed E-state index contributed by atoms with van der Waals surface area (Å²) in [5, 5.41) is 0. The zero-order chi connectivity index (χ0) is 9.14. The molecule has 68 valence electrons. The zero-order valence-corrected chi connectivity index (χ0v) is 8.05. The average molecular weight is 166 g/mol. The highest BCUT2D eigenvalue weighted by molar-refractivity contribution is 5.91. The maximum Gasteiger partial charge on any atom is 0.158 e. The Morgan fingerprint density at radius 2 is 2.00 bits per heavy atom. The molecule has 1 aliphatic rings. The average Bonchev–Trinajstić information content (AvgIpc) is 2.08. The number of carbonyl (C=O) groups is 1. The van der Waals surface area contributed by atoms with Gasteiger partial charge in [0.1, 0.15) is 0 Å². The molecule has 0 bridgehead atoms. The minimum Gasteiger partial charge on any atom is -0.295 e. The van der Waals surface area contributed by atoms with Crippen molar-refractivity contribution in [2.45, 2.75) is 33.1 Å². The molecule has 1 aliphatic carbocycles. The van der Waals surface area contributed by atoms with Crippen LogP contribution < -0.4 is 0 Å². The quantitative estimate of drug-likeness (QED) is 0.576. The van der Waals surface area contributed by atoms with E-state index in [1.165, 1.54) is 12.5 Å². The standard InChI is InChI=1S/C11H18O/c1-4-11(12)10-6-5-8(2)9(3)7-10/h4,8-10H,1,5-7H2,2-3H3.